The Labute approximate surface area is 112 Å². The normalized spacial score (nSPS) is 18.7. The van der Waals surface area contributed by atoms with Crippen LogP contribution in [0.1, 0.15) is 48.5 Å². The van der Waals surface area contributed by atoms with Gasteiger partial charge in [-0.3, -0.25) is 4.79 Å². The van der Waals surface area contributed by atoms with Gasteiger partial charge in [0, 0.05) is 31.5 Å². The highest BCUT2D eigenvalue weighted by Crippen LogP contribution is 2.28. The van der Waals surface area contributed by atoms with Crippen LogP contribution in [-0.2, 0) is 0 Å². The number of halogens is 2. The Balaban J connectivity index is 2.10. The summed E-state index contributed by atoms with van der Waals surface area (Å²) in [6.07, 6.45) is -0.467. The molecule has 1 aromatic rings. The minimum atomic E-state index is -2.61. The summed E-state index contributed by atoms with van der Waals surface area (Å²) in [5.74, 6) is -2.41. The van der Waals surface area contributed by atoms with E-state index >= 15 is 0 Å². The Morgan fingerprint density at radius 1 is 1.26 bits per heavy atom. The molecule has 0 radical (unpaired) electrons. The Bertz CT molecular complexity index is 461. The lowest BCUT2D eigenvalue weighted by molar-refractivity contribution is -0.0494. The number of hydrogen-bond acceptors (Lipinski definition) is 1. The zero-order chi connectivity index (χ0) is 14.0. The van der Waals surface area contributed by atoms with Gasteiger partial charge in [0.05, 0.1) is 0 Å². The molecule has 0 bridgehead atoms. The second kappa shape index (κ2) is 5.27. The van der Waals surface area contributed by atoms with Crippen molar-refractivity contribution in [2.24, 2.45) is 0 Å². The third kappa shape index (κ3) is 3.31. The average Bonchev–Trinajstić information content (AvgIpc) is 2.38. The lowest BCUT2D eigenvalue weighted by atomic mass is 9.99. The first-order valence-electron chi connectivity index (χ1n) is 6.66. The van der Waals surface area contributed by atoms with Gasteiger partial charge in [-0.25, -0.2) is 8.78 Å². The van der Waals surface area contributed by atoms with Crippen LogP contribution in [0.4, 0.5) is 8.78 Å². The fourth-order valence-corrected chi connectivity index (χ4v) is 2.25. The van der Waals surface area contributed by atoms with Crippen molar-refractivity contribution < 1.29 is 13.6 Å². The molecule has 2 rings (SSSR count). The van der Waals surface area contributed by atoms with E-state index in [2.05, 4.69) is 13.8 Å². The summed E-state index contributed by atoms with van der Waals surface area (Å²) >= 11 is 0. The molecule has 0 atom stereocenters. The number of nitrogens with zero attached hydrogens (tertiary/aromatic N) is 1. The Hall–Kier alpha value is -1.45. The monoisotopic (exact) mass is 267 g/mol. The van der Waals surface area contributed by atoms with Crippen molar-refractivity contribution >= 4 is 5.91 Å². The van der Waals surface area contributed by atoms with Crippen LogP contribution in [-0.4, -0.2) is 29.8 Å². The van der Waals surface area contributed by atoms with E-state index in [1.165, 1.54) is 4.90 Å². The highest BCUT2D eigenvalue weighted by atomic mass is 19.3. The minimum Gasteiger partial charge on any atom is -0.338 e. The number of benzene rings is 1. The molecular formula is C15H19F2NO. The highest BCUT2D eigenvalue weighted by molar-refractivity contribution is 5.94. The van der Waals surface area contributed by atoms with Crippen LogP contribution >= 0.6 is 0 Å². The van der Waals surface area contributed by atoms with Crippen molar-refractivity contribution in [3.8, 4) is 0 Å². The molecule has 1 amide bonds. The van der Waals surface area contributed by atoms with Gasteiger partial charge in [0.25, 0.3) is 11.8 Å². The van der Waals surface area contributed by atoms with E-state index in [0.717, 1.165) is 5.56 Å². The summed E-state index contributed by atoms with van der Waals surface area (Å²) < 4.78 is 26.2. The van der Waals surface area contributed by atoms with Gasteiger partial charge in [0.2, 0.25) is 0 Å². The molecule has 0 N–H and O–H groups in total. The summed E-state index contributed by atoms with van der Waals surface area (Å²) in [5.41, 5.74) is 1.68. The Kier molecular flexibility index (Phi) is 3.88. The summed E-state index contributed by atoms with van der Waals surface area (Å²) in [6, 6.07) is 7.44. The van der Waals surface area contributed by atoms with Crippen molar-refractivity contribution in [3.05, 3.63) is 35.4 Å². The Morgan fingerprint density at radius 2 is 1.89 bits per heavy atom. The van der Waals surface area contributed by atoms with Gasteiger partial charge in [-0.05, 0) is 23.6 Å². The Morgan fingerprint density at radius 3 is 2.47 bits per heavy atom. The molecule has 4 heteroatoms. The maximum atomic E-state index is 13.1. The standard InChI is InChI=1S/C15H19F2NO/c1-11(2)12-4-3-5-13(10-12)14(19)18-8-6-15(16,17)7-9-18/h3-5,10-11H,6-9H2,1-2H3. The molecule has 104 valence electrons. The molecule has 1 aromatic carbocycles. The topological polar surface area (TPSA) is 20.3 Å². The molecule has 1 saturated heterocycles. The number of hydrogen-bond donors (Lipinski definition) is 0. The molecule has 0 aliphatic carbocycles. The quantitative estimate of drug-likeness (QED) is 0.800. The van der Waals surface area contributed by atoms with Crippen LogP contribution < -0.4 is 0 Å². The van der Waals surface area contributed by atoms with Crippen molar-refractivity contribution in [1.82, 2.24) is 4.90 Å². The largest absolute Gasteiger partial charge is 0.338 e. The van der Waals surface area contributed by atoms with Crippen molar-refractivity contribution in [1.29, 1.82) is 0 Å². The summed E-state index contributed by atoms with van der Waals surface area (Å²) in [6.45, 7) is 4.39. The van der Waals surface area contributed by atoms with Crippen LogP contribution in [0, 0.1) is 0 Å². The van der Waals surface area contributed by atoms with Crippen LogP contribution in [0.2, 0.25) is 0 Å². The van der Waals surface area contributed by atoms with Crippen molar-refractivity contribution in [3.63, 3.8) is 0 Å². The zero-order valence-electron chi connectivity index (χ0n) is 11.3. The second-order valence-electron chi connectivity index (χ2n) is 5.43. The van der Waals surface area contributed by atoms with Gasteiger partial charge < -0.3 is 4.90 Å². The fraction of sp³-hybridized carbons (Fsp3) is 0.533. The van der Waals surface area contributed by atoms with Crippen LogP contribution in [0.3, 0.4) is 0 Å². The fourth-order valence-electron chi connectivity index (χ4n) is 2.25. The predicted octanol–water partition coefficient (Wildman–Crippen LogP) is 3.68. The maximum absolute atomic E-state index is 13.1. The second-order valence-corrected chi connectivity index (χ2v) is 5.43. The molecule has 1 aliphatic heterocycles. The summed E-state index contributed by atoms with van der Waals surface area (Å²) in [5, 5.41) is 0. The van der Waals surface area contributed by atoms with E-state index in [-0.39, 0.29) is 31.8 Å². The average molecular weight is 267 g/mol. The molecule has 0 spiro atoms. The first kappa shape index (κ1) is 14.0. The third-order valence-electron chi connectivity index (χ3n) is 3.58. The van der Waals surface area contributed by atoms with Gasteiger partial charge in [0.15, 0.2) is 0 Å². The molecule has 1 aliphatic rings. The van der Waals surface area contributed by atoms with Crippen LogP contribution in [0.25, 0.3) is 0 Å². The van der Waals surface area contributed by atoms with Crippen molar-refractivity contribution in [2.75, 3.05) is 13.1 Å². The molecule has 1 fully saturated rings. The van der Waals surface area contributed by atoms with Crippen molar-refractivity contribution in [2.45, 2.75) is 38.5 Å². The number of rotatable bonds is 2. The molecule has 2 nitrogen and oxygen atoms in total. The van der Waals surface area contributed by atoms with Gasteiger partial charge >= 0.3 is 0 Å². The number of carbonyl (C=O) groups is 1. The zero-order valence-corrected chi connectivity index (χ0v) is 11.3. The minimum absolute atomic E-state index is 0.137. The number of alkyl halides is 2. The predicted molar refractivity (Wildman–Crippen MR) is 70.6 cm³/mol. The molecule has 19 heavy (non-hydrogen) atoms. The van der Waals surface area contributed by atoms with E-state index in [1.54, 1.807) is 6.07 Å². The molecular weight excluding hydrogens is 248 g/mol. The lowest BCUT2D eigenvalue weighted by Gasteiger charge is -2.31. The molecule has 0 aromatic heterocycles. The van der Waals surface area contributed by atoms with Gasteiger partial charge in [0.1, 0.15) is 0 Å². The lowest BCUT2D eigenvalue weighted by Crippen LogP contribution is -2.42. The molecule has 0 unspecified atom stereocenters. The first-order chi connectivity index (χ1) is 8.89. The third-order valence-corrected chi connectivity index (χ3v) is 3.58. The van der Waals surface area contributed by atoms with E-state index in [9.17, 15) is 13.6 Å². The first-order valence-corrected chi connectivity index (χ1v) is 6.66. The number of amides is 1. The summed E-state index contributed by atoms with van der Waals surface area (Å²) in [4.78, 5) is 13.8. The highest BCUT2D eigenvalue weighted by Gasteiger charge is 2.35. The summed E-state index contributed by atoms with van der Waals surface area (Å²) in [7, 11) is 0. The maximum Gasteiger partial charge on any atom is 0.253 e. The van der Waals surface area contributed by atoms with Crippen LogP contribution in [0.5, 0.6) is 0 Å². The van der Waals surface area contributed by atoms with Crippen LogP contribution in [0.15, 0.2) is 24.3 Å². The van der Waals surface area contributed by atoms with Gasteiger partial charge in [-0.2, -0.15) is 0 Å². The molecule has 0 saturated carbocycles. The van der Waals surface area contributed by atoms with E-state index in [0.29, 0.717) is 11.5 Å². The van der Waals surface area contributed by atoms with E-state index in [4.69, 9.17) is 0 Å². The molecule has 1 heterocycles. The number of piperidine rings is 1. The SMILES string of the molecule is CC(C)c1cccc(C(=O)N2CCC(F)(F)CC2)c1. The smallest absolute Gasteiger partial charge is 0.253 e. The van der Waals surface area contributed by atoms with E-state index < -0.39 is 5.92 Å². The number of likely N-dealkylation sites (tertiary alicyclic amines) is 1. The van der Waals surface area contributed by atoms with E-state index in [1.807, 2.05) is 18.2 Å². The number of carbonyl (C=O) groups excluding carboxylic acids is 1. The van der Waals surface area contributed by atoms with Gasteiger partial charge in [-0.15, -0.1) is 0 Å². The van der Waals surface area contributed by atoms with Gasteiger partial charge in [-0.1, -0.05) is 26.0 Å².